The molecule has 1 heterocycles. The van der Waals surface area contributed by atoms with Gasteiger partial charge in [0, 0.05) is 5.69 Å². The second kappa shape index (κ2) is 5.72. The number of hydrogen-bond donors (Lipinski definition) is 1. The van der Waals surface area contributed by atoms with E-state index in [0.29, 0.717) is 11.5 Å². The fraction of sp³-hybridized carbons (Fsp3) is 0.278. The number of amides is 1. The van der Waals surface area contributed by atoms with Gasteiger partial charge in [-0.1, -0.05) is 29.8 Å². The van der Waals surface area contributed by atoms with Crippen molar-refractivity contribution in [2.45, 2.75) is 33.0 Å². The highest BCUT2D eigenvalue weighted by atomic mass is 16.6. The zero-order valence-corrected chi connectivity index (χ0v) is 12.9. The van der Waals surface area contributed by atoms with Gasteiger partial charge in [0.25, 0.3) is 5.91 Å². The predicted octanol–water partition coefficient (Wildman–Crippen LogP) is 3.47. The number of benzene rings is 2. The zero-order chi connectivity index (χ0) is 15.7. The number of carbonyl (C=O) groups is 1. The van der Waals surface area contributed by atoms with Gasteiger partial charge in [0.15, 0.2) is 11.5 Å². The van der Waals surface area contributed by atoms with Crippen molar-refractivity contribution in [3.05, 3.63) is 53.6 Å². The third kappa shape index (κ3) is 2.77. The van der Waals surface area contributed by atoms with Crippen LogP contribution in [0.1, 0.15) is 18.1 Å². The van der Waals surface area contributed by atoms with Gasteiger partial charge in [0.2, 0.25) is 6.10 Å². The molecule has 4 heteroatoms. The Labute approximate surface area is 130 Å². The van der Waals surface area contributed by atoms with E-state index in [1.165, 1.54) is 0 Å². The molecule has 0 bridgehead atoms. The molecular weight excluding hydrogens is 278 g/mol. The molecule has 2 atom stereocenters. The average Bonchev–Trinajstić information content (AvgIpc) is 2.49. The molecule has 3 rings (SSSR count). The summed E-state index contributed by atoms with van der Waals surface area (Å²) in [6, 6.07) is 13.3. The first-order valence-corrected chi connectivity index (χ1v) is 7.35. The minimum absolute atomic E-state index is 0.200. The number of nitrogens with one attached hydrogen (secondary N) is 1. The molecule has 0 fully saturated rings. The molecule has 4 nitrogen and oxygen atoms in total. The van der Waals surface area contributed by atoms with Crippen LogP contribution in [0.4, 0.5) is 5.69 Å². The molecule has 0 aromatic heterocycles. The first-order valence-electron chi connectivity index (χ1n) is 7.35. The standard InChI is InChI=1S/C18H19NO3/c1-11-8-9-14(12(2)10-11)19-18(20)17-13(3)21-15-6-4-5-7-16(15)22-17/h4-10,13,17H,1-3H3,(H,19,20)/t13-,17-/m0/s1. The molecule has 0 saturated carbocycles. The van der Waals surface area contributed by atoms with E-state index < -0.39 is 6.10 Å². The smallest absolute Gasteiger partial charge is 0.269 e. The van der Waals surface area contributed by atoms with Crippen LogP contribution in [-0.4, -0.2) is 18.1 Å². The molecular formula is C18H19NO3. The summed E-state index contributed by atoms with van der Waals surface area (Å²) >= 11 is 0. The summed E-state index contributed by atoms with van der Waals surface area (Å²) in [6.45, 7) is 5.83. The normalized spacial score (nSPS) is 19.6. The number of carbonyl (C=O) groups excluding carboxylic acids is 1. The number of rotatable bonds is 2. The summed E-state index contributed by atoms with van der Waals surface area (Å²) in [7, 11) is 0. The molecule has 114 valence electrons. The Bertz CT molecular complexity index is 711. The summed E-state index contributed by atoms with van der Waals surface area (Å²) < 4.78 is 11.6. The fourth-order valence-corrected chi connectivity index (χ4v) is 2.56. The zero-order valence-electron chi connectivity index (χ0n) is 12.9. The van der Waals surface area contributed by atoms with Crippen molar-refractivity contribution in [3.8, 4) is 11.5 Å². The van der Waals surface area contributed by atoms with E-state index >= 15 is 0 Å². The number of aryl methyl sites for hydroxylation is 2. The van der Waals surface area contributed by atoms with Gasteiger partial charge in [-0.25, -0.2) is 0 Å². The number of fused-ring (bicyclic) bond motifs is 1. The molecule has 0 saturated heterocycles. The molecule has 1 aliphatic heterocycles. The summed E-state index contributed by atoms with van der Waals surface area (Å²) in [6.07, 6.45) is -1.02. The average molecular weight is 297 g/mol. The highest BCUT2D eigenvalue weighted by Crippen LogP contribution is 2.33. The summed E-state index contributed by atoms with van der Waals surface area (Å²) in [5.41, 5.74) is 2.98. The maximum atomic E-state index is 12.5. The Hall–Kier alpha value is -2.49. The number of ether oxygens (including phenoxy) is 2. The van der Waals surface area contributed by atoms with Crippen LogP contribution in [0.25, 0.3) is 0 Å². The van der Waals surface area contributed by atoms with Gasteiger partial charge in [-0.3, -0.25) is 4.79 Å². The Balaban J connectivity index is 1.78. The minimum Gasteiger partial charge on any atom is -0.482 e. The molecule has 0 unspecified atom stereocenters. The van der Waals surface area contributed by atoms with Crippen LogP contribution in [0.3, 0.4) is 0 Å². The third-order valence-corrected chi connectivity index (χ3v) is 3.74. The van der Waals surface area contributed by atoms with Crippen molar-refractivity contribution in [2.24, 2.45) is 0 Å². The highest BCUT2D eigenvalue weighted by Gasteiger charge is 2.34. The van der Waals surface area contributed by atoms with Crippen molar-refractivity contribution in [3.63, 3.8) is 0 Å². The van der Waals surface area contributed by atoms with Crippen LogP contribution in [0.15, 0.2) is 42.5 Å². The quantitative estimate of drug-likeness (QED) is 0.923. The van der Waals surface area contributed by atoms with Crippen LogP contribution in [0.5, 0.6) is 11.5 Å². The van der Waals surface area contributed by atoms with E-state index in [2.05, 4.69) is 5.32 Å². The van der Waals surface area contributed by atoms with Crippen molar-refractivity contribution in [1.29, 1.82) is 0 Å². The topological polar surface area (TPSA) is 47.6 Å². The van der Waals surface area contributed by atoms with Gasteiger partial charge in [0.1, 0.15) is 6.10 Å². The fourth-order valence-electron chi connectivity index (χ4n) is 2.56. The van der Waals surface area contributed by atoms with E-state index in [4.69, 9.17) is 9.47 Å². The van der Waals surface area contributed by atoms with Gasteiger partial charge in [0.05, 0.1) is 0 Å². The third-order valence-electron chi connectivity index (χ3n) is 3.74. The maximum absolute atomic E-state index is 12.5. The number of para-hydroxylation sites is 2. The molecule has 1 aliphatic rings. The highest BCUT2D eigenvalue weighted by molar-refractivity contribution is 5.95. The number of anilines is 1. The van der Waals surface area contributed by atoms with Crippen molar-refractivity contribution < 1.29 is 14.3 Å². The summed E-state index contributed by atoms with van der Waals surface area (Å²) in [4.78, 5) is 12.5. The molecule has 22 heavy (non-hydrogen) atoms. The largest absolute Gasteiger partial charge is 0.482 e. The van der Waals surface area contributed by atoms with Crippen LogP contribution < -0.4 is 14.8 Å². The van der Waals surface area contributed by atoms with E-state index in [0.717, 1.165) is 16.8 Å². The van der Waals surface area contributed by atoms with Gasteiger partial charge in [-0.15, -0.1) is 0 Å². The van der Waals surface area contributed by atoms with Gasteiger partial charge >= 0.3 is 0 Å². The lowest BCUT2D eigenvalue weighted by Crippen LogP contribution is -2.46. The van der Waals surface area contributed by atoms with Crippen LogP contribution >= 0.6 is 0 Å². The van der Waals surface area contributed by atoms with Gasteiger partial charge < -0.3 is 14.8 Å². The Morgan fingerprint density at radius 3 is 2.41 bits per heavy atom. The van der Waals surface area contributed by atoms with Crippen molar-refractivity contribution in [2.75, 3.05) is 5.32 Å². The van der Waals surface area contributed by atoms with Crippen LogP contribution in [0, 0.1) is 13.8 Å². The molecule has 0 radical (unpaired) electrons. The SMILES string of the molecule is Cc1ccc(NC(=O)[C@H]2Oc3ccccc3O[C@H]2C)c(C)c1. The van der Waals surface area contributed by atoms with E-state index in [-0.39, 0.29) is 12.0 Å². The van der Waals surface area contributed by atoms with Gasteiger partial charge in [-0.2, -0.15) is 0 Å². The maximum Gasteiger partial charge on any atom is 0.269 e. The number of hydrogen-bond acceptors (Lipinski definition) is 3. The van der Waals surface area contributed by atoms with E-state index in [9.17, 15) is 4.79 Å². The van der Waals surface area contributed by atoms with Crippen LogP contribution in [0.2, 0.25) is 0 Å². The first kappa shape index (κ1) is 14.4. The second-order valence-corrected chi connectivity index (χ2v) is 5.62. The lowest BCUT2D eigenvalue weighted by Gasteiger charge is -2.31. The monoisotopic (exact) mass is 297 g/mol. The summed E-state index contributed by atoms with van der Waals surface area (Å²) in [5, 5.41) is 2.92. The van der Waals surface area contributed by atoms with E-state index in [1.54, 1.807) is 6.07 Å². The predicted molar refractivity (Wildman–Crippen MR) is 85.5 cm³/mol. The lowest BCUT2D eigenvalue weighted by atomic mass is 10.1. The summed E-state index contributed by atoms with van der Waals surface area (Å²) in [5.74, 6) is 1.07. The second-order valence-electron chi connectivity index (χ2n) is 5.62. The molecule has 2 aromatic carbocycles. The Kier molecular flexibility index (Phi) is 3.75. The van der Waals surface area contributed by atoms with E-state index in [1.807, 2.05) is 57.2 Å². The molecule has 2 aromatic rings. The molecule has 1 amide bonds. The van der Waals surface area contributed by atoms with Crippen molar-refractivity contribution >= 4 is 11.6 Å². The lowest BCUT2D eigenvalue weighted by molar-refractivity contribution is -0.128. The molecule has 0 aliphatic carbocycles. The Morgan fingerprint density at radius 2 is 1.73 bits per heavy atom. The van der Waals surface area contributed by atoms with Gasteiger partial charge in [-0.05, 0) is 44.5 Å². The molecule has 1 N–H and O–H groups in total. The first-order chi connectivity index (χ1) is 10.5. The van der Waals surface area contributed by atoms with Crippen LogP contribution in [-0.2, 0) is 4.79 Å². The molecule has 0 spiro atoms. The Morgan fingerprint density at radius 1 is 1.05 bits per heavy atom. The minimum atomic E-state index is -0.671. The van der Waals surface area contributed by atoms with Crippen molar-refractivity contribution in [1.82, 2.24) is 0 Å².